The van der Waals surface area contributed by atoms with E-state index in [1.807, 2.05) is 0 Å². The SMILES string of the molecule is O=S1(=O)N(c2cc(F)ccc2F)c2ccccc2N1c1cc(F)ccc1F. The molecule has 0 fully saturated rings. The average molecular weight is 394 g/mol. The topological polar surface area (TPSA) is 40.6 Å². The molecule has 0 aromatic heterocycles. The first-order chi connectivity index (χ1) is 12.8. The molecule has 0 N–H and O–H groups in total. The average Bonchev–Trinajstić information content (AvgIpc) is 2.85. The quantitative estimate of drug-likeness (QED) is 0.587. The van der Waals surface area contributed by atoms with Crippen LogP contribution in [0.15, 0.2) is 60.7 Å². The molecular formula is C18H10F4N2O2S. The van der Waals surface area contributed by atoms with Gasteiger partial charge in [-0.1, -0.05) is 12.1 Å². The van der Waals surface area contributed by atoms with Crippen LogP contribution in [0, 0.1) is 23.3 Å². The van der Waals surface area contributed by atoms with E-state index in [4.69, 9.17) is 0 Å². The van der Waals surface area contributed by atoms with Crippen LogP contribution in [0.4, 0.5) is 40.3 Å². The van der Waals surface area contributed by atoms with Crippen LogP contribution in [0.25, 0.3) is 0 Å². The number of hydrogen-bond acceptors (Lipinski definition) is 2. The summed E-state index contributed by atoms with van der Waals surface area (Å²) in [5.74, 6) is -3.68. The van der Waals surface area contributed by atoms with E-state index in [0.717, 1.165) is 36.4 Å². The summed E-state index contributed by atoms with van der Waals surface area (Å²) in [5, 5.41) is 0. The van der Waals surface area contributed by atoms with Crippen molar-refractivity contribution in [3.05, 3.63) is 83.9 Å². The molecule has 1 aliphatic rings. The number of nitrogens with zero attached hydrogens (tertiary/aromatic N) is 2. The van der Waals surface area contributed by atoms with Crippen LogP contribution in [0.5, 0.6) is 0 Å². The summed E-state index contributed by atoms with van der Waals surface area (Å²) < 4.78 is 83.3. The highest BCUT2D eigenvalue weighted by molar-refractivity contribution is 7.95. The maximum Gasteiger partial charge on any atom is 0.335 e. The minimum absolute atomic E-state index is 0.0225. The molecule has 4 nitrogen and oxygen atoms in total. The standard InChI is InChI=1S/C18H10F4N2O2S/c19-11-5-7-13(21)17(9-11)23-15-3-1-2-4-16(15)24(27(23,25)26)18-10-12(20)6-8-14(18)22/h1-10H. The number of benzene rings is 3. The van der Waals surface area contributed by atoms with Crippen LogP contribution in [-0.2, 0) is 10.2 Å². The van der Waals surface area contributed by atoms with E-state index >= 15 is 0 Å². The van der Waals surface area contributed by atoms with E-state index in [1.54, 1.807) is 0 Å². The summed E-state index contributed by atoms with van der Waals surface area (Å²) in [6.45, 7) is 0. The summed E-state index contributed by atoms with van der Waals surface area (Å²) in [5.41, 5.74) is -1.18. The van der Waals surface area contributed by atoms with E-state index in [2.05, 4.69) is 0 Å². The first kappa shape index (κ1) is 17.3. The lowest BCUT2D eigenvalue weighted by molar-refractivity contribution is 0.585. The Morgan fingerprint density at radius 2 is 1.00 bits per heavy atom. The predicted molar refractivity (Wildman–Crippen MR) is 92.4 cm³/mol. The van der Waals surface area contributed by atoms with Crippen LogP contribution in [0.2, 0.25) is 0 Å². The number of halogens is 4. The van der Waals surface area contributed by atoms with Gasteiger partial charge in [0.2, 0.25) is 0 Å². The summed E-state index contributed by atoms with van der Waals surface area (Å²) in [4.78, 5) is 0. The second-order valence-corrected chi connectivity index (χ2v) is 7.34. The van der Waals surface area contributed by atoms with Gasteiger partial charge in [0.15, 0.2) is 0 Å². The fourth-order valence-electron chi connectivity index (χ4n) is 2.93. The fraction of sp³-hybridized carbons (Fsp3) is 0. The molecule has 1 aliphatic heterocycles. The van der Waals surface area contributed by atoms with Crippen LogP contribution >= 0.6 is 0 Å². The number of para-hydroxylation sites is 2. The summed E-state index contributed by atoms with van der Waals surface area (Å²) in [7, 11) is -4.62. The van der Waals surface area contributed by atoms with Crippen molar-refractivity contribution in [3.8, 4) is 0 Å². The minimum Gasteiger partial charge on any atom is -0.216 e. The van der Waals surface area contributed by atoms with Gasteiger partial charge in [0.25, 0.3) is 0 Å². The molecule has 0 saturated heterocycles. The Morgan fingerprint density at radius 1 is 0.593 bits per heavy atom. The first-order valence-corrected chi connectivity index (χ1v) is 9.05. The highest BCUT2D eigenvalue weighted by atomic mass is 32.2. The molecule has 27 heavy (non-hydrogen) atoms. The molecule has 0 atom stereocenters. The van der Waals surface area contributed by atoms with Gasteiger partial charge in [-0.25, -0.2) is 26.2 Å². The third kappa shape index (κ3) is 2.62. The summed E-state index contributed by atoms with van der Waals surface area (Å²) >= 11 is 0. The molecule has 0 aliphatic carbocycles. The molecule has 0 unspecified atom stereocenters. The largest absolute Gasteiger partial charge is 0.335 e. The zero-order valence-electron chi connectivity index (χ0n) is 13.4. The zero-order chi connectivity index (χ0) is 19.3. The van der Waals surface area contributed by atoms with Gasteiger partial charge >= 0.3 is 10.2 Å². The second kappa shape index (κ2) is 5.98. The molecule has 138 valence electrons. The van der Waals surface area contributed by atoms with E-state index < -0.39 is 44.9 Å². The molecule has 4 rings (SSSR count). The number of rotatable bonds is 2. The number of anilines is 4. The summed E-state index contributed by atoms with van der Waals surface area (Å²) in [6, 6.07) is 10.4. The Morgan fingerprint density at radius 3 is 1.41 bits per heavy atom. The maximum atomic E-state index is 14.3. The van der Waals surface area contributed by atoms with Gasteiger partial charge in [0.05, 0.1) is 22.7 Å². The Hall–Kier alpha value is -3.07. The van der Waals surface area contributed by atoms with Crippen molar-refractivity contribution in [3.63, 3.8) is 0 Å². The van der Waals surface area contributed by atoms with Gasteiger partial charge in [0.1, 0.15) is 23.3 Å². The highest BCUT2D eigenvalue weighted by Gasteiger charge is 2.44. The summed E-state index contributed by atoms with van der Waals surface area (Å²) in [6.07, 6.45) is 0. The second-order valence-electron chi connectivity index (χ2n) is 5.72. The minimum atomic E-state index is -4.62. The number of fused-ring (bicyclic) bond motifs is 1. The first-order valence-electron chi connectivity index (χ1n) is 7.65. The van der Waals surface area contributed by atoms with Crippen LogP contribution in [0.3, 0.4) is 0 Å². The molecule has 3 aromatic rings. The van der Waals surface area contributed by atoms with Gasteiger partial charge in [-0.3, -0.25) is 0 Å². The van der Waals surface area contributed by atoms with E-state index in [0.29, 0.717) is 8.61 Å². The van der Waals surface area contributed by atoms with Crippen molar-refractivity contribution in [1.82, 2.24) is 0 Å². The lowest BCUT2D eigenvalue weighted by Crippen LogP contribution is -2.33. The van der Waals surface area contributed by atoms with Crippen LogP contribution < -0.4 is 8.61 Å². The third-order valence-corrected chi connectivity index (χ3v) is 5.74. The third-order valence-electron chi connectivity index (χ3n) is 4.03. The smallest absolute Gasteiger partial charge is 0.216 e. The monoisotopic (exact) mass is 394 g/mol. The molecule has 0 bridgehead atoms. The Kier molecular flexibility index (Phi) is 3.84. The van der Waals surface area contributed by atoms with Crippen LogP contribution in [0.1, 0.15) is 0 Å². The van der Waals surface area contributed by atoms with Crippen molar-refractivity contribution in [2.45, 2.75) is 0 Å². The van der Waals surface area contributed by atoms with Crippen LogP contribution in [-0.4, -0.2) is 8.42 Å². The van der Waals surface area contributed by atoms with Gasteiger partial charge in [-0.05, 0) is 36.4 Å². The fourth-order valence-corrected chi connectivity index (χ4v) is 4.68. The lowest BCUT2D eigenvalue weighted by Gasteiger charge is -2.22. The Labute approximate surface area is 152 Å². The number of hydrogen-bond donors (Lipinski definition) is 0. The van der Waals surface area contributed by atoms with Gasteiger partial charge < -0.3 is 0 Å². The molecule has 1 heterocycles. The maximum absolute atomic E-state index is 14.3. The predicted octanol–water partition coefficient (Wildman–Crippen LogP) is 4.78. The normalized spacial score (nSPS) is 15.1. The van der Waals surface area contributed by atoms with Crippen molar-refractivity contribution in [1.29, 1.82) is 0 Å². The van der Waals surface area contributed by atoms with E-state index in [1.165, 1.54) is 24.3 Å². The van der Waals surface area contributed by atoms with Crippen molar-refractivity contribution in [2.24, 2.45) is 0 Å². The Balaban J connectivity index is 2.02. The van der Waals surface area contributed by atoms with Gasteiger partial charge in [-0.15, -0.1) is 0 Å². The molecule has 0 amide bonds. The van der Waals surface area contributed by atoms with Gasteiger partial charge in [0, 0.05) is 12.1 Å². The molecule has 3 aromatic carbocycles. The molecule has 0 radical (unpaired) electrons. The van der Waals surface area contributed by atoms with Gasteiger partial charge in [-0.2, -0.15) is 8.42 Å². The molecule has 0 saturated carbocycles. The molecular weight excluding hydrogens is 384 g/mol. The van der Waals surface area contributed by atoms with Crippen molar-refractivity contribution in [2.75, 3.05) is 8.61 Å². The Bertz CT molecular complexity index is 1080. The highest BCUT2D eigenvalue weighted by Crippen LogP contribution is 2.49. The van der Waals surface area contributed by atoms with Crippen molar-refractivity contribution >= 4 is 33.0 Å². The van der Waals surface area contributed by atoms with E-state index in [-0.39, 0.29) is 11.4 Å². The lowest BCUT2D eigenvalue weighted by atomic mass is 10.2. The van der Waals surface area contributed by atoms with Crippen molar-refractivity contribution < 1.29 is 26.0 Å². The molecule has 9 heteroatoms. The zero-order valence-corrected chi connectivity index (χ0v) is 14.2. The van der Waals surface area contributed by atoms with E-state index in [9.17, 15) is 26.0 Å². The molecule has 0 spiro atoms.